The molecule has 0 spiro atoms. The van der Waals surface area contributed by atoms with Crippen molar-refractivity contribution in [2.75, 3.05) is 5.32 Å². The summed E-state index contributed by atoms with van der Waals surface area (Å²) in [6, 6.07) is 11.6. The molecule has 0 radical (unpaired) electrons. The molecule has 26 heavy (non-hydrogen) atoms. The van der Waals surface area contributed by atoms with Gasteiger partial charge in [0.15, 0.2) is 0 Å². The van der Waals surface area contributed by atoms with Crippen molar-refractivity contribution in [1.29, 1.82) is 5.26 Å². The van der Waals surface area contributed by atoms with Crippen LogP contribution in [0.15, 0.2) is 35.4 Å². The van der Waals surface area contributed by atoms with Crippen LogP contribution in [-0.4, -0.2) is 22.5 Å². The van der Waals surface area contributed by atoms with Gasteiger partial charge in [0.1, 0.15) is 16.8 Å². The Labute approximate surface area is 155 Å². The van der Waals surface area contributed by atoms with Crippen LogP contribution in [0.25, 0.3) is 0 Å². The van der Waals surface area contributed by atoms with E-state index in [-0.39, 0.29) is 18.2 Å². The summed E-state index contributed by atoms with van der Waals surface area (Å²) in [6.07, 6.45) is 0.536. The number of benzene rings is 1. The predicted octanol–water partition coefficient (Wildman–Crippen LogP) is 3.35. The number of hydrogen-bond donors (Lipinski definition) is 1. The Morgan fingerprint density at radius 2 is 2.04 bits per heavy atom. The molecule has 0 saturated carbocycles. The fraction of sp³-hybridized carbons (Fsp3) is 0.263. The van der Waals surface area contributed by atoms with Crippen LogP contribution in [0.2, 0.25) is 0 Å². The lowest BCUT2D eigenvalue weighted by molar-refractivity contribution is -0.132. The number of thiophene rings is 1. The van der Waals surface area contributed by atoms with E-state index < -0.39 is 0 Å². The lowest BCUT2D eigenvalue weighted by Crippen LogP contribution is -2.36. The van der Waals surface area contributed by atoms with Crippen LogP contribution in [0, 0.1) is 25.2 Å². The number of rotatable bonds is 4. The molecule has 0 fully saturated rings. The summed E-state index contributed by atoms with van der Waals surface area (Å²) < 4.78 is 0. The third-order valence-corrected chi connectivity index (χ3v) is 5.39. The number of carbonyl (C=O) groups excluding carboxylic acids is 2. The highest BCUT2D eigenvalue weighted by atomic mass is 32.1. The highest BCUT2D eigenvalue weighted by molar-refractivity contribution is 7.16. The zero-order valence-corrected chi connectivity index (χ0v) is 15.4. The van der Waals surface area contributed by atoms with Crippen molar-refractivity contribution in [3.63, 3.8) is 0 Å². The number of carbonyl (C=O) groups is 2. The quantitative estimate of drug-likeness (QED) is 0.900. The van der Waals surface area contributed by atoms with Crippen LogP contribution in [-0.2, 0) is 16.1 Å². The Kier molecular flexibility index (Phi) is 5.14. The molecule has 0 aliphatic carbocycles. The lowest BCUT2D eigenvalue weighted by Gasteiger charge is -2.23. The third kappa shape index (κ3) is 3.65. The van der Waals surface area contributed by atoms with Crippen molar-refractivity contribution in [1.82, 2.24) is 5.01 Å². The van der Waals surface area contributed by atoms with Crippen LogP contribution in [0.5, 0.6) is 0 Å². The van der Waals surface area contributed by atoms with Gasteiger partial charge in [-0.1, -0.05) is 30.3 Å². The number of nitrogens with zero attached hydrogens (tertiary/aromatic N) is 3. The van der Waals surface area contributed by atoms with Crippen molar-refractivity contribution < 1.29 is 9.59 Å². The summed E-state index contributed by atoms with van der Waals surface area (Å²) >= 11 is 1.37. The van der Waals surface area contributed by atoms with Crippen LogP contribution in [0.4, 0.5) is 5.00 Å². The smallest absolute Gasteiger partial charge is 0.272 e. The maximum atomic E-state index is 12.6. The largest absolute Gasteiger partial charge is 0.311 e. The molecule has 1 N–H and O–H groups in total. The first kappa shape index (κ1) is 17.8. The maximum absolute atomic E-state index is 12.6. The van der Waals surface area contributed by atoms with E-state index in [4.69, 9.17) is 0 Å². The molecule has 0 atom stereocenters. The topological polar surface area (TPSA) is 85.6 Å². The molecule has 2 aromatic rings. The van der Waals surface area contributed by atoms with Crippen LogP contribution in [0.3, 0.4) is 0 Å². The highest BCUT2D eigenvalue weighted by Crippen LogP contribution is 2.31. The molecule has 132 valence electrons. The molecular weight excluding hydrogens is 348 g/mol. The van der Waals surface area contributed by atoms with Gasteiger partial charge in [0, 0.05) is 17.7 Å². The van der Waals surface area contributed by atoms with Gasteiger partial charge in [0.05, 0.1) is 12.1 Å². The fourth-order valence-corrected chi connectivity index (χ4v) is 3.68. The Morgan fingerprint density at radius 1 is 1.31 bits per heavy atom. The molecule has 1 aromatic heterocycles. The Bertz CT molecular complexity index is 925. The SMILES string of the molecule is Cc1sc(NC(=O)C2=NN(Cc3ccccc3)C(=O)CC2)c(C#N)c1C. The van der Waals surface area contributed by atoms with E-state index in [0.29, 0.717) is 29.2 Å². The molecular formula is C19H18N4O2S. The Hall–Kier alpha value is -2.98. The van der Waals surface area contributed by atoms with Gasteiger partial charge in [-0.25, -0.2) is 5.01 Å². The number of nitrogens with one attached hydrogen (secondary N) is 1. The van der Waals surface area contributed by atoms with Gasteiger partial charge in [-0.3, -0.25) is 9.59 Å². The number of hydrazone groups is 1. The van der Waals surface area contributed by atoms with Crippen LogP contribution >= 0.6 is 11.3 Å². The summed E-state index contributed by atoms with van der Waals surface area (Å²) in [7, 11) is 0. The average Bonchev–Trinajstić information content (AvgIpc) is 2.90. The lowest BCUT2D eigenvalue weighted by atomic mass is 10.1. The number of nitriles is 1. The Balaban J connectivity index is 1.78. The van der Waals surface area contributed by atoms with Crippen molar-refractivity contribution in [2.45, 2.75) is 33.2 Å². The standard InChI is InChI=1S/C19H18N4O2S/c1-12-13(2)26-19(15(12)10-20)21-18(25)16-8-9-17(24)23(22-16)11-14-6-4-3-5-7-14/h3-7H,8-9,11H2,1-2H3,(H,21,25). The molecule has 2 amide bonds. The summed E-state index contributed by atoms with van der Waals surface area (Å²) in [5, 5.41) is 18.2. The van der Waals surface area contributed by atoms with E-state index in [1.807, 2.05) is 44.2 Å². The first-order valence-electron chi connectivity index (χ1n) is 8.22. The van der Waals surface area contributed by atoms with Gasteiger partial charge in [-0.15, -0.1) is 11.3 Å². The molecule has 0 saturated heterocycles. The van der Waals surface area contributed by atoms with Crippen LogP contribution in [0.1, 0.15) is 34.4 Å². The van der Waals surface area contributed by atoms with E-state index in [1.165, 1.54) is 16.3 Å². The van der Waals surface area contributed by atoms with Crippen molar-refractivity contribution >= 4 is 33.9 Å². The normalized spacial score (nSPS) is 14.0. The minimum absolute atomic E-state index is 0.106. The number of aryl methyl sites for hydroxylation is 1. The fourth-order valence-electron chi connectivity index (χ4n) is 2.67. The minimum Gasteiger partial charge on any atom is -0.311 e. The summed E-state index contributed by atoms with van der Waals surface area (Å²) in [5.41, 5.74) is 2.60. The van der Waals surface area contributed by atoms with E-state index in [9.17, 15) is 14.9 Å². The van der Waals surface area contributed by atoms with Gasteiger partial charge in [-0.2, -0.15) is 10.4 Å². The predicted molar refractivity (Wildman–Crippen MR) is 101 cm³/mol. The second-order valence-electron chi connectivity index (χ2n) is 6.04. The summed E-state index contributed by atoms with van der Waals surface area (Å²) in [4.78, 5) is 25.7. The van der Waals surface area contributed by atoms with Gasteiger partial charge in [0.2, 0.25) is 5.91 Å². The Morgan fingerprint density at radius 3 is 2.73 bits per heavy atom. The highest BCUT2D eigenvalue weighted by Gasteiger charge is 2.25. The molecule has 1 aliphatic heterocycles. The number of hydrogen-bond acceptors (Lipinski definition) is 5. The minimum atomic E-state index is -0.367. The molecule has 6 nitrogen and oxygen atoms in total. The van der Waals surface area contributed by atoms with E-state index in [0.717, 1.165) is 16.0 Å². The molecule has 0 bridgehead atoms. The summed E-state index contributed by atoms with van der Waals surface area (Å²) in [6.45, 7) is 4.10. The zero-order valence-electron chi connectivity index (χ0n) is 14.6. The van der Waals surface area contributed by atoms with E-state index >= 15 is 0 Å². The van der Waals surface area contributed by atoms with Gasteiger partial charge in [-0.05, 0) is 25.0 Å². The molecule has 7 heteroatoms. The first-order valence-corrected chi connectivity index (χ1v) is 9.04. The van der Waals surface area contributed by atoms with Crippen molar-refractivity contribution in [3.05, 3.63) is 51.9 Å². The van der Waals surface area contributed by atoms with Crippen LogP contribution < -0.4 is 5.32 Å². The first-order chi connectivity index (χ1) is 12.5. The second kappa shape index (κ2) is 7.50. The molecule has 1 aliphatic rings. The van der Waals surface area contributed by atoms with E-state index in [2.05, 4.69) is 16.5 Å². The average molecular weight is 366 g/mol. The number of anilines is 1. The summed E-state index contributed by atoms with van der Waals surface area (Å²) in [5.74, 6) is -0.473. The zero-order chi connectivity index (χ0) is 18.7. The van der Waals surface area contributed by atoms with Crippen molar-refractivity contribution in [2.24, 2.45) is 5.10 Å². The van der Waals surface area contributed by atoms with E-state index in [1.54, 1.807) is 0 Å². The number of amides is 2. The molecule has 2 heterocycles. The monoisotopic (exact) mass is 366 g/mol. The van der Waals surface area contributed by atoms with Gasteiger partial charge in [0.25, 0.3) is 5.91 Å². The molecule has 0 unspecified atom stereocenters. The molecule has 3 rings (SSSR count). The maximum Gasteiger partial charge on any atom is 0.272 e. The van der Waals surface area contributed by atoms with Gasteiger partial charge < -0.3 is 5.32 Å². The molecule has 1 aromatic carbocycles. The van der Waals surface area contributed by atoms with Crippen molar-refractivity contribution in [3.8, 4) is 6.07 Å². The third-order valence-electron chi connectivity index (χ3n) is 4.27. The van der Waals surface area contributed by atoms with Gasteiger partial charge >= 0.3 is 0 Å². The second-order valence-corrected chi connectivity index (χ2v) is 7.26.